The molecule has 0 spiro atoms. The Balaban J connectivity index is 2.25. The van der Waals surface area contributed by atoms with Crippen LogP contribution in [0.2, 0.25) is 0 Å². The van der Waals surface area contributed by atoms with Crippen LogP contribution in [-0.4, -0.2) is 41.3 Å². The van der Waals surface area contributed by atoms with Crippen molar-refractivity contribution in [1.82, 2.24) is 5.32 Å². The molecule has 0 aromatic heterocycles. The second-order valence-corrected chi connectivity index (χ2v) is 5.70. The lowest BCUT2D eigenvalue weighted by Crippen LogP contribution is -2.59. The van der Waals surface area contributed by atoms with Crippen molar-refractivity contribution in [2.45, 2.75) is 44.9 Å². The number of amides is 1. The normalized spacial score (nSPS) is 41.3. The average Bonchev–Trinajstić information content (AvgIpc) is 2.89. The molecule has 2 aliphatic carbocycles. The maximum Gasteiger partial charge on any atom is 0.332 e. The summed E-state index contributed by atoms with van der Waals surface area (Å²) in [5, 5.41) is 12.8. The number of hydrogen-bond acceptors (Lipinski definition) is 5. The van der Waals surface area contributed by atoms with Crippen molar-refractivity contribution >= 4 is 11.9 Å². The number of nitrogens with two attached hydrogens (primary N) is 1. The monoisotopic (exact) mass is 270 g/mol. The van der Waals surface area contributed by atoms with E-state index in [0.717, 1.165) is 0 Å². The Bertz CT molecular complexity index is 398. The third kappa shape index (κ3) is 2.12. The molecule has 1 amide bonds. The molecule has 19 heavy (non-hydrogen) atoms. The van der Waals surface area contributed by atoms with Gasteiger partial charge in [-0.1, -0.05) is 6.92 Å². The van der Waals surface area contributed by atoms with E-state index in [9.17, 15) is 14.7 Å². The Morgan fingerprint density at radius 2 is 2.21 bits per heavy atom. The summed E-state index contributed by atoms with van der Waals surface area (Å²) in [6.07, 6.45) is -0.359. The molecule has 0 aliphatic heterocycles. The third-order valence-corrected chi connectivity index (χ3v) is 4.39. The molecular weight excluding hydrogens is 248 g/mol. The van der Waals surface area contributed by atoms with Gasteiger partial charge in [-0.2, -0.15) is 0 Å². The van der Waals surface area contributed by atoms with E-state index in [1.54, 1.807) is 13.8 Å². The number of rotatable bonds is 4. The molecule has 6 nitrogen and oxygen atoms in total. The minimum Gasteiger partial charge on any atom is -0.464 e. The van der Waals surface area contributed by atoms with Gasteiger partial charge in [-0.25, -0.2) is 4.79 Å². The van der Waals surface area contributed by atoms with Crippen molar-refractivity contribution in [2.75, 3.05) is 6.61 Å². The van der Waals surface area contributed by atoms with E-state index < -0.39 is 23.7 Å². The van der Waals surface area contributed by atoms with Gasteiger partial charge in [-0.05, 0) is 25.7 Å². The van der Waals surface area contributed by atoms with Gasteiger partial charge in [0.25, 0.3) is 0 Å². The SMILES string of the molecule is CCOC(=O)[C@]1(NC(=O)[C@H](C)N)C[C@H](O)[C@H]2[C@H](C)[C@H]21. The summed E-state index contributed by atoms with van der Waals surface area (Å²) in [6, 6.07) is -0.698. The second-order valence-electron chi connectivity index (χ2n) is 5.70. The summed E-state index contributed by atoms with van der Waals surface area (Å²) in [5.74, 6) is -0.622. The lowest BCUT2D eigenvalue weighted by atomic mass is 9.89. The minimum atomic E-state index is -1.11. The number of esters is 1. The van der Waals surface area contributed by atoms with Gasteiger partial charge < -0.3 is 20.9 Å². The summed E-state index contributed by atoms with van der Waals surface area (Å²) in [4.78, 5) is 24.1. The summed E-state index contributed by atoms with van der Waals surface area (Å²) < 4.78 is 5.10. The van der Waals surface area contributed by atoms with E-state index in [2.05, 4.69) is 5.32 Å². The minimum absolute atomic E-state index is 0.0516. The van der Waals surface area contributed by atoms with Gasteiger partial charge in [0.05, 0.1) is 18.8 Å². The fraction of sp³-hybridized carbons (Fsp3) is 0.846. The maximum absolute atomic E-state index is 12.3. The number of ether oxygens (including phenoxy) is 1. The predicted molar refractivity (Wildman–Crippen MR) is 67.9 cm³/mol. The first-order valence-corrected chi connectivity index (χ1v) is 6.78. The second kappa shape index (κ2) is 4.76. The van der Waals surface area contributed by atoms with E-state index in [1.165, 1.54) is 0 Å². The average molecular weight is 270 g/mol. The van der Waals surface area contributed by atoms with Gasteiger partial charge in [0, 0.05) is 12.3 Å². The number of aliphatic hydroxyl groups is 1. The maximum atomic E-state index is 12.3. The van der Waals surface area contributed by atoms with Gasteiger partial charge in [0.2, 0.25) is 5.91 Å². The first kappa shape index (κ1) is 14.3. The molecule has 2 rings (SSSR count). The van der Waals surface area contributed by atoms with E-state index in [0.29, 0.717) is 0 Å². The number of fused-ring (bicyclic) bond motifs is 1. The third-order valence-electron chi connectivity index (χ3n) is 4.39. The molecule has 4 N–H and O–H groups in total. The number of carbonyl (C=O) groups excluding carboxylic acids is 2. The fourth-order valence-corrected chi connectivity index (χ4v) is 3.46. The molecule has 0 aromatic rings. The van der Waals surface area contributed by atoms with E-state index >= 15 is 0 Å². The van der Waals surface area contributed by atoms with Crippen LogP contribution in [-0.2, 0) is 14.3 Å². The van der Waals surface area contributed by atoms with Gasteiger partial charge in [-0.15, -0.1) is 0 Å². The highest BCUT2D eigenvalue weighted by molar-refractivity contribution is 5.91. The number of hydrogen-bond donors (Lipinski definition) is 3. The van der Waals surface area contributed by atoms with Crippen LogP contribution >= 0.6 is 0 Å². The van der Waals surface area contributed by atoms with Gasteiger partial charge in [-0.3, -0.25) is 4.79 Å². The van der Waals surface area contributed by atoms with Crippen LogP contribution in [0.15, 0.2) is 0 Å². The van der Waals surface area contributed by atoms with E-state index in [1.807, 2.05) is 6.92 Å². The van der Waals surface area contributed by atoms with Crippen molar-refractivity contribution in [2.24, 2.45) is 23.5 Å². The van der Waals surface area contributed by atoms with Crippen LogP contribution in [0.4, 0.5) is 0 Å². The molecule has 6 heteroatoms. The molecule has 0 heterocycles. The van der Waals surface area contributed by atoms with Crippen molar-refractivity contribution in [3.05, 3.63) is 0 Å². The first-order valence-electron chi connectivity index (χ1n) is 6.78. The molecule has 0 saturated heterocycles. The molecule has 0 bridgehead atoms. The standard InChI is InChI=1S/C13H22N2O4/c1-4-19-12(18)13(15-11(17)7(3)14)5-8(16)9-6(2)10(9)13/h6-10,16H,4-5,14H2,1-3H3,(H,15,17)/t6-,7-,8-,9+,10+,13-/m0/s1. The van der Waals surface area contributed by atoms with Gasteiger partial charge in [0.1, 0.15) is 5.54 Å². The first-order chi connectivity index (χ1) is 8.85. The summed E-state index contributed by atoms with van der Waals surface area (Å²) in [6.45, 7) is 5.51. The highest BCUT2D eigenvalue weighted by atomic mass is 16.5. The molecule has 0 unspecified atom stereocenters. The summed E-state index contributed by atoms with van der Waals surface area (Å²) >= 11 is 0. The lowest BCUT2D eigenvalue weighted by molar-refractivity contribution is -0.155. The molecule has 108 valence electrons. The zero-order chi connectivity index (χ0) is 14.4. The van der Waals surface area contributed by atoms with Crippen molar-refractivity contribution < 1.29 is 19.4 Å². The van der Waals surface area contributed by atoms with Gasteiger partial charge in [0.15, 0.2) is 0 Å². The Labute approximate surface area is 112 Å². The van der Waals surface area contributed by atoms with Crippen LogP contribution in [0.5, 0.6) is 0 Å². The predicted octanol–water partition coefficient (Wildman–Crippen LogP) is -0.602. The van der Waals surface area contributed by atoms with Crippen LogP contribution in [0.1, 0.15) is 27.2 Å². The molecule has 2 aliphatic rings. The number of nitrogens with one attached hydrogen (secondary N) is 1. The zero-order valence-corrected chi connectivity index (χ0v) is 11.6. The van der Waals surface area contributed by atoms with Gasteiger partial charge >= 0.3 is 5.97 Å². The molecule has 0 aromatic carbocycles. The van der Waals surface area contributed by atoms with Crippen LogP contribution in [0.25, 0.3) is 0 Å². The smallest absolute Gasteiger partial charge is 0.332 e. The Hall–Kier alpha value is -1.14. The van der Waals surface area contributed by atoms with Crippen LogP contribution in [0.3, 0.4) is 0 Å². The van der Waals surface area contributed by atoms with Crippen LogP contribution in [0, 0.1) is 17.8 Å². The molecule has 6 atom stereocenters. The lowest BCUT2D eigenvalue weighted by Gasteiger charge is -2.32. The molecule has 2 saturated carbocycles. The van der Waals surface area contributed by atoms with Crippen LogP contribution < -0.4 is 11.1 Å². The summed E-state index contributed by atoms with van der Waals surface area (Å²) in [7, 11) is 0. The molecule has 0 radical (unpaired) electrons. The summed E-state index contributed by atoms with van der Waals surface area (Å²) in [5.41, 5.74) is 4.44. The molecule has 2 fully saturated rings. The Morgan fingerprint density at radius 3 is 2.63 bits per heavy atom. The van der Waals surface area contributed by atoms with E-state index in [4.69, 9.17) is 10.5 Å². The fourth-order valence-electron chi connectivity index (χ4n) is 3.46. The topological polar surface area (TPSA) is 102 Å². The molecular formula is C13H22N2O4. The highest BCUT2D eigenvalue weighted by Gasteiger charge is 2.71. The highest BCUT2D eigenvalue weighted by Crippen LogP contribution is 2.62. The quantitative estimate of drug-likeness (QED) is 0.592. The number of carbonyl (C=O) groups is 2. The van der Waals surface area contributed by atoms with Crippen molar-refractivity contribution in [1.29, 1.82) is 0 Å². The number of aliphatic hydroxyl groups excluding tert-OH is 1. The van der Waals surface area contributed by atoms with E-state index in [-0.39, 0.29) is 36.7 Å². The van der Waals surface area contributed by atoms with Crippen molar-refractivity contribution in [3.8, 4) is 0 Å². The Kier molecular flexibility index (Phi) is 3.57. The Morgan fingerprint density at radius 1 is 1.58 bits per heavy atom. The largest absolute Gasteiger partial charge is 0.464 e. The zero-order valence-electron chi connectivity index (χ0n) is 11.6. The van der Waals surface area contributed by atoms with Crippen molar-refractivity contribution in [3.63, 3.8) is 0 Å².